The summed E-state index contributed by atoms with van der Waals surface area (Å²) in [5.74, 6) is 1.28. The van der Waals surface area contributed by atoms with Crippen LogP contribution in [-0.4, -0.2) is 15.0 Å². The number of rotatable bonds is 4. The second kappa shape index (κ2) is 4.77. The standard InChI is InChI=1S/C7H13N3S2/c1-2-3-10-8-6(4-11)7(5-12)9-10/h11-12H,2-5H2,1H3. The van der Waals surface area contributed by atoms with E-state index in [0.717, 1.165) is 24.4 Å². The zero-order valence-electron chi connectivity index (χ0n) is 7.06. The maximum atomic E-state index is 4.27. The molecule has 0 saturated heterocycles. The van der Waals surface area contributed by atoms with Gasteiger partial charge in [0.2, 0.25) is 0 Å². The Balaban J connectivity index is 2.81. The molecule has 0 bridgehead atoms. The van der Waals surface area contributed by atoms with Crippen LogP contribution in [0.4, 0.5) is 0 Å². The Kier molecular flexibility index (Phi) is 3.94. The molecular weight excluding hydrogens is 190 g/mol. The molecule has 0 amide bonds. The third-order valence-electron chi connectivity index (χ3n) is 1.53. The van der Waals surface area contributed by atoms with Crippen molar-refractivity contribution in [2.75, 3.05) is 0 Å². The van der Waals surface area contributed by atoms with E-state index < -0.39 is 0 Å². The Labute approximate surface area is 83.4 Å². The number of aryl methyl sites for hydroxylation is 1. The molecule has 0 aromatic carbocycles. The summed E-state index contributed by atoms with van der Waals surface area (Å²) in [5, 5.41) is 8.54. The SMILES string of the molecule is CCCn1nc(CS)c(CS)n1. The largest absolute Gasteiger partial charge is 0.184 e. The van der Waals surface area contributed by atoms with Gasteiger partial charge in [0.1, 0.15) is 0 Å². The van der Waals surface area contributed by atoms with Crippen molar-refractivity contribution < 1.29 is 0 Å². The van der Waals surface area contributed by atoms with Crippen LogP contribution in [0.1, 0.15) is 24.7 Å². The van der Waals surface area contributed by atoms with Crippen LogP contribution in [0, 0.1) is 0 Å². The average molecular weight is 203 g/mol. The second-order valence-electron chi connectivity index (χ2n) is 2.51. The molecule has 68 valence electrons. The molecule has 1 aromatic heterocycles. The summed E-state index contributed by atoms with van der Waals surface area (Å²) in [6.07, 6.45) is 1.05. The van der Waals surface area contributed by atoms with E-state index in [0.29, 0.717) is 11.5 Å². The van der Waals surface area contributed by atoms with Crippen molar-refractivity contribution in [3.05, 3.63) is 11.4 Å². The number of hydrogen-bond donors (Lipinski definition) is 2. The summed E-state index contributed by atoms with van der Waals surface area (Å²) in [4.78, 5) is 1.72. The molecule has 0 unspecified atom stereocenters. The first-order valence-electron chi connectivity index (χ1n) is 3.96. The molecule has 0 saturated carbocycles. The first-order chi connectivity index (χ1) is 5.81. The van der Waals surface area contributed by atoms with Gasteiger partial charge in [0, 0.05) is 11.5 Å². The van der Waals surface area contributed by atoms with Crippen LogP contribution in [0.3, 0.4) is 0 Å². The molecule has 1 aromatic rings. The van der Waals surface area contributed by atoms with Crippen molar-refractivity contribution in [2.24, 2.45) is 0 Å². The molecule has 5 heteroatoms. The van der Waals surface area contributed by atoms with Crippen LogP contribution >= 0.6 is 25.3 Å². The van der Waals surface area contributed by atoms with Gasteiger partial charge in [0.05, 0.1) is 17.9 Å². The molecule has 0 fully saturated rings. The maximum Gasteiger partial charge on any atom is 0.0964 e. The fraction of sp³-hybridized carbons (Fsp3) is 0.714. The molecule has 0 aliphatic heterocycles. The van der Waals surface area contributed by atoms with E-state index in [1.807, 2.05) is 0 Å². The number of thiol groups is 2. The molecule has 1 heterocycles. The summed E-state index contributed by atoms with van der Waals surface area (Å²) in [6, 6.07) is 0. The number of aromatic nitrogens is 3. The minimum atomic E-state index is 0.638. The van der Waals surface area contributed by atoms with Crippen LogP contribution in [-0.2, 0) is 18.1 Å². The van der Waals surface area contributed by atoms with Crippen molar-refractivity contribution >= 4 is 25.3 Å². The lowest BCUT2D eigenvalue weighted by Gasteiger charge is -1.92. The van der Waals surface area contributed by atoms with E-state index in [4.69, 9.17) is 0 Å². The lowest BCUT2D eigenvalue weighted by atomic mass is 10.4. The predicted molar refractivity (Wildman–Crippen MR) is 55.7 cm³/mol. The molecule has 0 aliphatic rings. The van der Waals surface area contributed by atoms with E-state index >= 15 is 0 Å². The van der Waals surface area contributed by atoms with Crippen molar-refractivity contribution in [2.45, 2.75) is 31.4 Å². The van der Waals surface area contributed by atoms with E-state index in [2.05, 4.69) is 42.4 Å². The van der Waals surface area contributed by atoms with Gasteiger partial charge in [0.25, 0.3) is 0 Å². The van der Waals surface area contributed by atoms with Gasteiger partial charge in [-0.25, -0.2) is 0 Å². The summed E-state index contributed by atoms with van der Waals surface area (Å²) in [7, 11) is 0. The Morgan fingerprint density at radius 2 is 1.67 bits per heavy atom. The quantitative estimate of drug-likeness (QED) is 0.727. The topological polar surface area (TPSA) is 30.7 Å². The number of hydrogen-bond acceptors (Lipinski definition) is 4. The molecular formula is C7H13N3S2. The molecule has 0 radical (unpaired) electrons. The molecule has 1 rings (SSSR count). The van der Waals surface area contributed by atoms with Gasteiger partial charge >= 0.3 is 0 Å². The van der Waals surface area contributed by atoms with E-state index in [9.17, 15) is 0 Å². The minimum absolute atomic E-state index is 0.638. The summed E-state index contributed by atoms with van der Waals surface area (Å²) in [6.45, 7) is 2.97. The van der Waals surface area contributed by atoms with Gasteiger partial charge in [-0.1, -0.05) is 6.92 Å². The highest BCUT2D eigenvalue weighted by molar-refractivity contribution is 7.79. The van der Waals surface area contributed by atoms with Crippen LogP contribution in [0.15, 0.2) is 0 Å². The average Bonchev–Trinajstić information content (AvgIpc) is 2.48. The Bertz CT molecular complexity index is 225. The first kappa shape index (κ1) is 9.92. The summed E-state index contributed by atoms with van der Waals surface area (Å²) >= 11 is 8.33. The summed E-state index contributed by atoms with van der Waals surface area (Å²) in [5.41, 5.74) is 1.89. The van der Waals surface area contributed by atoms with Crippen molar-refractivity contribution in [3.63, 3.8) is 0 Å². The molecule has 0 N–H and O–H groups in total. The van der Waals surface area contributed by atoms with Gasteiger partial charge in [-0.3, -0.25) is 0 Å². The Morgan fingerprint density at radius 3 is 2.00 bits per heavy atom. The van der Waals surface area contributed by atoms with Crippen molar-refractivity contribution in [3.8, 4) is 0 Å². The van der Waals surface area contributed by atoms with Crippen LogP contribution < -0.4 is 0 Å². The van der Waals surface area contributed by atoms with E-state index in [1.165, 1.54) is 0 Å². The lowest BCUT2D eigenvalue weighted by molar-refractivity contribution is 0.523. The second-order valence-corrected chi connectivity index (χ2v) is 3.14. The van der Waals surface area contributed by atoms with Gasteiger partial charge < -0.3 is 0 Å². The van der Waals surface area contributed by atoms with Gasteiger partial charge in [-0.15, -0.1) is 0 Å². The third kappa shape index (κ3) is 2.17. The zero-order chi connectivity index (χ0) is 8.97. The highest BCUT2D eigenvalue weighted by Gasteiger charge is 2.06. The molecule has 12 heavy (non-hydrogen) atoms. The fourth-order valence-electron chi connectivity index (χ4n) is 0.962. The molecule has 0 atom stereocenters. The highest BCUT2D eigenvalue weighted by Crippen LogP contribution is 2.08. The van der Waals surface area contributed by atoms with E-state index in [1.54, 1.807) is 4.80 Å². The minimum Gasteiger partial charge on any atom is -0.184 e. The van der Waals surface area contributed by atoms with Gasteiger partial charge in [-0.2, -0.15) is 40.3 Å². The van der Waals surface area contributed by atoms with Gasteiger partial charge in [0.15, 0.2) is 0 Å². The fourth-order valence-corrected chi connectivity index (χ4v) is 1.45. The monoisotopic (exact) mass is 203 g/mol. The Morgan fingerprint density at radius 1 is 1.17 bits per heavy atom. The maximum absolute atomic E-state index is 4.27. The highest BCUT2D eigenvalue weighted by atomic mass is 32.1. The lowest BCUT2D eigenvalue weighted by Crippen LogP contribution is -2.01. The predicted octanol–water partition coefficient (Wildman–Crippen LogP) is 1.55. The van der Waals surface area contributed by atoms with Crippen LogP contribution in [0.2, 0.25) is 0 Å². The Hall–Kier alpha value is -0.160. The van der Waals surface area contributed by atoms with Crippen molar-refractivity contribution in [1.82, 2.24) is 15.0 Å². The van der Waals surface area contributed by atoms with Crippen LogP contribution in [0.25, 0.3) is 0 Å². The smallest absolute Gasteiger partial charge is 0.0964 e. The third-order valence-corrected chi connectivity index (χ3v) is 2.13. The first-order valence-corrected chi connectivity index (χ1v) is 5.23. The zero-order valence-corrected chi connectivity index (χ0v) is 8.85. The molecule has 0 spiro atoms. The normalized spacial score (nSPS) is 10.6. The van der Waals surface area contributed by atoms with Crippen LogP contribution in [0.5, 0.6) is 0 Å². The number of nitrogens with zero attached hydrogens (tertiary/aromatic N) is 3. The molecule has 0 aliphatic carbocycles. The van der Waals surface area contributed by atoms with Gasteiger partial charge in [-0.05, 0) is 6.42 Å². The van der Waals surface area contributed by atoms with E-state index in [-0.39, 0.29) is 0 Å². The summed E-state index contributed by atoms with van der Waals surface area (Å²) < 4.78 is 0. The molecule has 3 nitrogen and oxygen atoms in total. The van der Waals surface area contributed by atoms with Crippen molar-refractivity contribution in [1.29, 1.82) is 0 Å².